The van der Waals surface area contributed by atoms with Crippen molar-refractivity contribution < 1.29 is 19.1 Å². The van der Waals surface area contributed by atoms with E-state index in [1.807, 2.05) is 30.3 Å². The molecule has 0 aliphatic rings. The summed E-state index contributed by atoms with van der Waals surface area (Å²) >= 11 is 0. The molecule has 0 unspecified atom stereocenters. The van der Waals surface area contributed by atoms with Gasteiger partial charge in [-0.1, -0.05) is 18.2 Å². The van der Waals surface area contributed by atoms with E-state index in [9.17, 15) is 9.59 Å². The average molecular weight is 238 g/mol. The summed E-state index contributed by atoms with van der Waals surface area (Å²) < 4.78 is 9.41. The van der Waals surface area contributed by atoms with Gasteiger partial charge in [-0.25, -0.2) is 0 Å². The van der Waals surface area contributed by atoms with Crippen LogP contribution in [0.4, 0.5) is 0 Å². The van der Waals surface area contributed by atoms with E-state index in [2.05, 4.69) is 4.74 Å². The van der Waals surface area contributed by atoms with Crippen LogP contribution in [-0.4, -0.2) is 25.5 Å². The second-order valence-corrected chi connectivity index (χ2v) is 3.20. The molecule has 1 aromatic carbocycles. The molecule has 0 saturated carbocycles. The number of ether oxygens (including phenoxy) is 2. The molecule has 1 aromatic rings. The zero-order chi connectivity index (χ0) is 13.1. The number of carbonyl (C=O) groups is 2. The number of methoxy groups -OCH3 is 1. The van der Waals surface area contributed by atoms with Crippen LogP contribution in [0.5, 0.6) is 5.75 Å². The third kappa shape index (κ3) is 9.11. The van der Waals surface area contributed by atoms with Crippen molar-refractivity contribution in [3.8, 4) is 5.75 Å². The maximum absolute atomic E-state index is 10.4. The van der Waals surface area contributed by atoms with Crippen LogP contribution in [-0.2, 0) is 14.3 Å². The number of benzene rings is 1. The highest BCUT2D eigenvalue weighted by Gasteiger charge is 2.03. The summed E-state index contributed by atoms with van der Waals surface area (Å²) in [6.07, 6.45) is -0.103. The van der Waals surface area contributed by atoms with Crippen LogP contribution in [0.3, 0.4) is 0 Å². The van der Waals surface area contributed by atoms with Crippen molar-refractivity contribution in [3.05, 3.63) is 30.3 Å². The van der Waals surface area contributed by atoms with Crippen molar-refractivity contribution >= 4 is 11.8 Å². The topological polar surface area (TPSA) is 52.6 Å². The van der Waals surface area contributed by atoms with Crippen LogP contribution in [0.1, 0.15) is 20.3 Å². The van der Waals surface area contributed by atoms with Gasteiger partial charge in [0.1, 0.15) is 18.0 Å². The van der Waals surface area contributed by atoms with Crippen molar-refractivity contribution in [2.45, 2.75) is 20.3 Å². The zero-order valence-electron chi connectivity index (χ0n) is 10.4. The molecule has 0 N–H and O–H groups in total. The van der Waals surface area contributed by atoms with Gasteiger partial charge in [0, 0.05) is 0 Å². The summed E-state index contributed by atoms with van der Waals surface area (Å²) in [6.45, 7) is 3.40. The Morgan fingerprint density at radius 3 is 2.12 bits per heavy atom. The Balaban J connectivity index is 0.000000302. The van der Waals surface area contributed by atoms with E-state index in [0.717, 1.165) is 5.75 Å². The summed E-state index contributed by atoms with van der Waals surface area (Å²) in [7, 11) is 1.66. The zero-order valence-corrected chi connectivity index (χ0v) is 10.4. The van der Waals surface area contributed by atoms with Crippen molar-refractivity contribution in [2.24, 2.45) is 0 Å². The van der Waals surface area contributed by atoms with Crippen LogP contribution in [0.2, 0.25) is 0 Å². The molecule has 0 amide bonds. The monoisotopic (exact) mass is 238 g/mol. The molecule has 0 aliphatic carbocycles. The van der Waals surface area contributed by atoms with Crippen molar-refractivity contribution in [3.63, 3.8) is 0 Å². The van der Waals surface area contributed by atoms with E-state index in [1.54, 1.807) is 14.0 Å². The highest BCUT2D eigenvalue weighted by molar-refractivity contribution is 5.94. The molecule has 0 heterocycles. The fourth-order valence-corrected chi connectivity index (χ4v) is 0.972. The molecule has 0 spiro atoms. The second kappa shape index (κ2) is 9.39. The summed E-state index contributed by atoms with van der Waals surface area (Å²) in [5.41, 5.74) is 0. The van der Waals surface area contributed by atoms with Crippen molar-refractivity contribution in [2.75, 3.05) is 13.7 Å². The normalized spacial score (nSPS) is 8.65. The number of rotatable bonds is 4. The first-order valence-electron chi connectivity index (χ1n) is 5.34. The lowest BCUT2D eigenvalue weighted by atomic mass is 10.3. The minimum Gasteiger partial charge on any atom is -0.497 e. The van der Waals surface area contributed by atoms with Crippen molar-refractivity contribution in [1.29, 1.82) is 0 Å². The number of carbonyl (C=O) groups excluding carboxylic acids is 2. The first-order valence-corrected chi connectivity index (χ1v) is 5.34. The highest BCUT2D eigenvalue weighted by Crippen LogP contribution is 2.05. The van der Waals surface area contributed by atoms with E-state index in [-0.39, 0.29) is 12.2 Å². The molecule has 1 rings (SSSR count). The number of hydrogen-bond donors (Lipinski definition) is 0. The molecule has 0 fully saturated rings. The smallest absolute Gasteiger partial charge is 0.313 e. The van der Waals surface area contributed by atoms with Gasteiger partial charge in [-0.15, -0.1) is 0 Å². The van der Waals surface area contributed by atoms with Gasteiger partial charge >= 0.3 is 5.97 Å². The summed E-state index contributed by atoms with van der Waals surface area (Å²) in [5, 5.41) is 0. The lowest BCUT2D eigenvalue weighted by molar-refractivity contribution is -0.145. The fraction of sp³-hybridized carbons (Fsp3) is 0.385. The Kier molecular flexibility index (Phi) is 8.37. The Morgan fingerprint density at radius 2 is 1.76 bits per heavy atom. The van der Waals surface area contributed by atoms with E-state index in [4.69, 9.17) is 4.74 Å². The van der Waals surface area contributed by atoms with Gasteiger partial charge in [-0.05, 0) is 26.0 Å². The lowest BCUT2D eigenvalue weighted by Gasteiger charge is -1.96. The molecule has 0 saturated heterocycles. The van der Waals surface area contributed by atoms with E-state index in [0.29, 0.717) is 6.61 Å². The quantitative estimate of drug-likeness (QED) is 0.596. The van der Waals surface area contributed by atoms with Gasteiger partial charge in [0.15, 0.2) is 0 Å². The van der Waals surface area contributed by atoms with Crippen LogP contribution < -0.4 is 4.74 Å². The van der Waals surface area contributed by atoms with Gasteiger partial charge < -0.3 is 9.47 Å². The summed E-state index contributed by atoms with van der Waals surface area (Å²) in [4.78, 5) is 20.6. The highest BCUT2D eigenvalue weighted by atomic mass is 16.5. The number of hydrogen-bond acceptors (Lipinski definition) is 4. The Hall–Kier alpha value is -1.84. The SMILES string of the molecule is CCOC(=O)CC(C)=O.COc1ccccc1. The van der Waals surface area contributed by atoms with Crippen LogP contribution in [0.15, 0.2) is 30.3 Å². The second-order valence-electron chi connectivity index (χ2n) is 3.20. The molecule has 0 aromatic heterocycles. The summed E-state index contributed by atoms with van der Waals surface area (Å²) in [5.74, 6) is 0.311. The largest absolute Gasteiger partial charge is 0.497 e. The third-order valence-corrected chi connectivity index (χ3v) is 1.68. The Labute approximate surface area is 102 Å². The number of Topliss-reactive ketones (excluding diaryl/α,β-unsaturated/α-hetero) is 1. The molecule has 94 valence electrons. The van der Waals surface area contributed by atoms with Crippen molar-refractivity contribution in [1.82, 2.24) is 0 Å². The van der Waals surface area contributed by atoms with E-state index >= 15 is 0 Å². The molecule has 0 atom stereocenters. The summed E-state index contributed by atoms with van der Waals surface area (Å²) in [6, 6.07) is 9.68. The van der Waals surface area contributed by atoms with Gasteiger partial charge in [0.25, 0.3) is 0 Å². The maximum Gasteiger partial charge on any atom is 0.313 e. The standard InChI is InChI=1S/C7H8O.C6H10O3/c1-8-7-5-3-2-4-6-7;1-3-9-6(8)4-5(2)7/h2-6H,1H3;3-4H2,1-2H3. The lowest BCUT2D eigenvalue weighted by Crippen LogP contribution is -2.07. The molecule has 0 bridgehead atoms. The first-order chi connectivity index (χ1) is 8.10. The van der Waals surface area contributed by atoms with Crippen LogP contribution in [0, 0.1) is 0 Å². The van der Waals surface area contributed by atoms with Gasteiger partial charge in [-0.2, -0.15) is 0 Å². The predicted molar refractivity (Wildman–Crippen MR) is 64.9 cm³/mol. The van der Waals surface area contributed by atoms with Gasteiger partial charge in [0.2, 0.25) is 0 Å². The molecule has 0 aliphatic heterocycles. The molecule has 4 nitrogen and oxygen atoms in total. The molecular weight excluding hydrogens is 220 g/mol. The first kappa shape index (κ1) is 15.2. The Morgan fingerprint density at radius 1 is 1.18 bits per heavy atom. The number of ketones is 1. The predicted octanol–water partition coefficient (Wildman–Crippen LogP) is 2.22. The number of para-hydroxylation sites is 1. The minimum atomic E-state index is -0.440. The molecule has 4 heteroatoms. The third-order valence-electron chi connectivity index (χ3n) is 1.68. The average Bonchev–Trinajstić information content (AvgIpc) is 2.30. The molecule has 0 radical (unpaired) electrons. The maximum atomic E-state index is 10.4. The van der Waals surface area contributed by atoms with E-state index < -0.39 is 5.97 Å². The Bertz CT molecular complexity index is 333. The van der Waals surface area contributed by atoms with E-state index in [1.165, 1.54) is 6.92 Å². The van der Waals surface area contributed by atoms with Gasteiger partial charge in [0.05, 0.1) is 13.7 Å². The van der Waals surface area contributed by atoms with Crippen LogP contribution >= 0.6 is 0 Å². The minimum absolute atomic E-state index is 0.103. The number of esters is 1. The van der Waals surface area contributed by atoms with Gasteiger partial charge in [-0.3, -0.25) is 9.59 Å². The van der Waals surface area contributed by atoms with Crippen LogP contribution in [0.25, 0.3) is 0 Å². The molecule has 17 heavy (non-hydrogen) atoms. The fourth-order valence-electron chi connectivity index (χ4n) is 0.972. The molecular formula is C13H18O4.